The maximum atomic E-state index is 11.9. The van der Waals surface area contributed by atoms with Crippen LogP contribution in [0.5, 0.6) is 0 Å². The number of H-pyrrole nitrogens is 1. The summed E-state index contributed by atoms with van der Waals surface area (Å²) >= 11 is 3.27. The average Bonchev–Trinajstić information content (AvgIpc) is 3.17. The molecule has 0 unspecified atom stereocenters. The Labute approximate surface area is 134 Å². The summed E-state index contributed by atoms with van der Waals surface area (Å²) in [6, 6.07) is 11.6. The third-order valence-corrected chi connectivity index (χ3v) is 5.29. The van der Waals surface area contributed by atoms with Gasteiger partial charge in [0.05, 0.1) is 25.8 Å². The second-order valence-corrected chi connectivity index (χ2v) is 7.01. The molecular weight excluding hydrogens is 314 g/mol. The lowest BCUT2D eigenvalue weighted by molar-refractivity contribution is 1.02. The molecule has 108 valence electrons. The van der Waals surface area contributed by atoms with Gasteiger partial charge in [-0.05, 0) is 25.1 Å². The number of aryl methyl sites for hydroxylation is 1. The number of rotatable bonds is 2. The number of aromatic nitrogens is 3. The number of thiazole rings is 1. The summed E-state index contributed by atoms with van der Waals surface area (Å²) in [5.74, 6) is 0. The van der Waals surface area contributed by atoms with Crippen molar-refractivity contribution >= 4 is 33.4 Å². The summed E-state index contributed by atoms with van der Waals surface area (Å²) in [5.41, 5.74) is 1.64. The molecule has 1 aromatic carbocycles. The molecule has 4 rings (SSSR count). The van der Waals surface area contributed by atoms with Crippen molar-refractivity contribution in [2.24, 2.45) is 0 Å². The number of benzene rings is 1. The van der Waals surface area contributed by atoms with Crippen molar-refractivity contribution < 1.29 is 0 Å². The second kappa shape index (κ2) is 5.15. The highest BCUT2D eigenvalue weighted by Gasteiger charge is 2.12. The molecule has 4 nitrogen and oxygen atoms in total. The summed E-state index contributed by atoms with van der Waals surface area (Å²) in [5, 5.41) is 11.5. The first kappa shape index (κ1) is 13.4. The number of thiophene rings is 1. The van der Waals surface area contributed by atoms with Crippen LogP contribution in [0.2, 0.25) is 0 Å². The summed E-state index contributed by atoms with van der Waals surface area (Å²) < 4.78 is 0. The van der Waals surface area contributed by atoms with Gasteiger partial charge in [0.25, 0.3) is 5.56 Å². The zero-order chi connectivity index (χ0) is 15.1. The van der Waals surface area contributed by atoms with Gasteiger partial charge in [0.2, 0.25) is 0 Å². The van der Waals surface area contributed by atoms with Crippen LogP contribution in [0, 0.1) is 6.92 Å². The molecule has 4 aromatic rings. The van der Waals surface area contributed by atoms with E-state index in [1.54, 1.807) is 22.7 Å². The summed E-state index contributed by atoms with van der Waals surface area (Å²) in [7, 11) is 0. The van der Waals surface area contributed by atoms with Gasteiger partial charge in [-0.25, -0.2) is 10.1 Å². The van der Waals surface area contributed by atoms with Crippen LogP contribution in [0.15, 0.2) is 46.6 Å². The van der Waals surface area contributed by atoms with E-state index in [2.05, 4.69) is 26.6 Å². The smallest absolute Gasteiger partial charge is 0.267 e. The van der Waals surface area contributed by atoms with Gasteiger partial charge >= 0.3 is 0 Å². The molecule has 0 radical (unpaired) electrons. The van der Waals surface area contributed by atoms with E-state index >= 15 is 0 Å². The van der Waals surface area contributed by atoms with Gasteiger partial charge in [-0.15, -0.1) is 22.7 Å². The lowest BCUT2D eigenvalue weighted by atomic mass is 10.1. The first-order chi connectivity index (χ1) is 10.7. The van der Waals surface area contributed by atoms with Crippen LogP contribution in [-0.2, 0) is 0 Å². The molecule has 0 aliphatic heterocycles. The van der Waals surface area contributed by atoms with Gasteiger partial charge in [0, 0.05) is 10.8 Å². The fourth-order valence-electron chi connectivity index (χ4n) is 2.38. The summed E-state index contributed by atoms with van der Waals surface area (Å²) in [6.07, 6.45) is 0. The molecule has 0 amide bonds. The Bertz CT molecular complexity index is 1030. The Morgan fingerprint density at radius 3 is 2.59 bits per heavy atom. The average molecular weight is 325 g/mol. The first-order valence-corrected chi connectivity index (χ1v) is 8.42. The third kappa shape index (κ3) is 2.17. The van der Waals surface area contributed by atoms with Crippen molar-refractivity contribution in [3.05, 3.63) is 57.1 Å². The number of aromatic amines is 1. The minimum atomic E-state index is -0.161. The maximum Gasteiger partial charge on any atom is 0.272 e. The Balaban J connectivity index is 1.88. The zero-order valence-corrected chi connectivity index (χ0v) is 13.3. The molecule has 1 N–H and O–H groups in total. The Kier molecular flexibility index (Phi) is 3.13. The van der Waals surface area contributed by atoms with E-state index in [1.807, 2.05) is 37.3 Å². The maximum absolute atomic E-state index is 11.9. The van der Waals surface area contributed by atoms with E-state index < -0.39 is 0 Å². The Hall–Kier alpha value is -2.31. The van der Waals surface area contributed by atoms with Crippen LogP contribution in [0.4, 0.5) is 0 Å². The predicted molar refractivity (Wildman–Crippen MR) is 91.5 cm³/mol. The number of nitrogens with one attached hydrogen (secondary N) is 1. The van der Waals surface area contributed by atoms with Crippen LogP contribution in [0.1, 0.15) is 5.01 Å². The van der Waals surface area contributed by atoms with E-state index in [-0.39, 0.29) is 5.56 Å². The molecular formula is C16H11N3OS2. The van der Waals surface area contributed by atoms with Crippen molar-refractivity contribution in [1.29, 1.82) is 0 Å². The SMILES string of the molecule is Cc1nc(-c2ccc(-c3n[nH]c(=O)c4ccccc34)s2)cs1. The fraction of sp³-hybridized carbons (Fsp3) is 0.0625. The molecule has 0 spiro atoms. The highest BCUT2D eigenvalue weighted by atomic mass is 32.1. The molecule has 0 bridgehead atoms. The topological polar surface area (TPSA) is 58.6 Å². The quantitative estimate of drug-likeness (QED) is 0.604. The second-order valence-electron chi connectivity index (χ2n) is 4.86. The predicted octanol–water partition coefficient (Wildman–Crippen LogP) is 4.08. The Morgan fingerprint density at radius 2 is 1.82 bits per heavy atom. The summed E-state index contributed by atoms with van der Waals surface area (Å²) in [6.45, 7) is 2.00. The molecule has 22 heavy (non-hydrogen) atoms. The van der Waals surface area contributed by atoms with E-state index in [4.69, 9.17) is 0 Å². The molecule has 3 heterocycles. The molecule has 0 saturated carbocycles. The standard InChI is InChI=1S/C16H11N3OS2/c1-9-17-12(8-21-9)13-6-7-14(22-13)15-10-4-2-3-5-11(10)16(20)19-18-15/h2-8H,1H3,(H,19,20). The van der Waals surface area contributed by atoms with Crippen LogP contribution >= 0.6 is 22.7 Å². The van der Waals surface area contributed by atoms with Crippen LogP contribution in [0.3, 0.4) is 0 Å². The van der Waals surface area contributed by atoms with Gasteiger partial charge in [0.1, 0.15) is 5.69 Å². The van der Waals surface area contributed by atoms with E-state index in [0.29, 0.717) is 5.39 Å². The fourth-order valence-corrected chi connectivity index (χ4v) is 4.04. The van der Waals surface area contributed by atoms with Gasteiger partial charge in [-0.2, -0.15) is 5.10 Å². The molecule has 0 atom stereocenters. The molecule has 3 aromatic heterocycles. The van der Waals surface area contributed by atoms with Crippen LogP contribution < -0.4 is 5.56 Å². The highest BCUT2D eigenvalue weighted by molar-refractivity contribution is 7.19. The van der Waals surface area contributed by atoms with Crippen molar-refractivity contribution in [3.63, 3.8) is 0 Å². The Morgan fingerprint density at radius 1 is 1.05 bits per heavy atom. The van der Waals surface area contributed by atoms with E-state index in [0.717, 1.165) is 31.5 Å². The highest BCUT2D eigenvalue weighted by Crippen LogP contribution is 2.35. The molecule has 0 aliphatic rings. The van der Waals surface area contributed by atoms with Crippen molar-refractivity contribution in [2.75, 3.05) is 0 Å². The number of nitrogens with zero attached hydrogens (tertiary/aromatic N) is 2. The van der Waals surface area contributed by atoms with Gasteiger partial charge in [0.15, 0.2) is 0 Å². The van der Waals surface area contributed by atoms with Gasteiger partial charge < -0.3 is 0 Å². The van der Waals surface area contributed by atoms with Gasteiger partial charge in [-0.1, -0.05) is 18.2 Å². The normalized spacial score (nSPS) is 11.1. The monoisotopic (exact) mass is 325 g/mol. The van der Waals surface area contributed by atoms with Crippen LogP contribution in [-0.4, -0.2) is 15.2 Å². The van der Waals surface area contributed by atoms with Crippen molar-refractivity contribution in [3.8, 4) is 21.1 Å². The van der Waals surface area contributed by atoms with Crippen LogP contribution in [0.25, 0.3) is 31.9 Å². The molecule has 6 heteroatoms. The first-order valence-electron chi connectivity index (χ1n) is 6.72. The number of fused-ring (bicyclic) bond motifs is 1. The lowest BCUT2D eigenvalue weighted by Crippen LogP contribution is -2.08. The molecule has 0 fully saturated rings. The minimum Gasteiger partial charge on any atom is -0.267 e. The summed E-state index contributed by atoms with van der Waals surface area (Å²) in [4.78, 5) is 18.5. The van der Waals surface area contributed by atoms with Crippen molar-refractivity contribution in [2.45, 2.75) is 6.92 Å². The third-order valence-electron chi connectivity index (χ3n) is 3.41. The van der Waals surface area contributed by atoms with E-state index in [9.17, 15) is 4.79 Å². The molecule has 0 aliphatic carbocycles. The number of hydrogen-bond donors (Lipinski definition) is 1. The number of hydrogen-bond acceptors (Lipinski definition) is 5. The van der Waals surface area contributed by atoms with Gasteiger partial charge in [-0.3, -0.25) is 4.79 Å². The minimum absolute atomic E-state index is 0.161. The van der Waals surface area contributed by atoms with Crippen molar-refractivity contribution in [1.82, 2.24) is 15.2 Å². The zero-order valence-electron chi connectivity index (χ0n) is 11.7. The lowest BCUT2D eigenvalue weighted by Gasteiger charge is -2.01. The van der Waals surface area contributed by atoms with E-state index in [1.165, 1.54) is 0 Å². The largest absolute Gasteiger partial charge is 0.272 e. The molecule has 0 saturated heterocycles.